The van der Waals surface area contributed by atoms with Gasteiger partial charge in [-0.3, -0.25) is 9.59 Å². The zero-order valence-corrected chi connectivity index (χ0v) is 10.7. The van der Waals surface area contributed by atoms with Crippen LogP contribution in [-0.4, -0.2) is 36.1 Å². The molecule has 2 amide bonds. The number of nitrogens with one attached hydrogen (secondary N) is 2. The van der Waals surface area contributed by atoms with E-state index in [2.05, 4.69) is 10.6 Å². The summed E-state index contributed by atoms with van der Waals surface area (Å²) in [4.78, 5) is 22.9. The molecule has 0 saturated heterocycles. The summed E-state index contributed by atoms with van der Waals surface area (Å²) in [5, 5.41) is 14.7. The SMILES string of the molecule is CC(C)(C)C(=O)NCC(=O)NCC(O)C1CC1. The highest BCUT2D eigenvalue weighted by Crippen LogP contribution is 2.32. The normalized spacial score (nSPS) is 17.4. The Labute approximate surface area is 102 Å². The van der Waals surface area contributed by atoms with Crippen LogP contribution >= 0.6 is 0 Å². The molecule has 0 aromatic heterocycles. The fraction of sp³-hybridized carbons (Fsp3) is 0.833. The lowest BCUT2D eigenvalue weighted by atomic mass is 9.96. The monoisotopic (exact) mass is 242 g/mol. The van der Waals surface area contributed by atoms with E-state index in [1.807, 2.05) is 0 Å². The van der Waals surface area contributed by atoms with Gasteiger partial charge in [0.15, 0.2) is 0 Å². The number of carbonyl (C=O) groups excluding carboxylic acids is 2. The van der Waals surface area contributed by atoms with Gasteiger partial charge in [0.1, 0.15) is 0 Å². The molecule has 1 rings (SSSR count). The zero-order chi connectivity index (χ0) is 13.1. The van der Waals surface area contributed by atoms with Gasteiger partial charge < -0.3 is 15.7 Å². The average molecular weight is 242 g/mol. The van der Waals surface area contributed by atoms with Crippen molar-refractivity contribution >= 4 is 11.8 Å². The lowest BCUT2D eigenvalue weighted by Crippen LogP contribution is -2.43. The molecule has 1 aliphatic carbocycles. The molecule has 0 aromatic carbocycles. The summed E-state index contributed by atoms with van der Waals surface area (Å²) in [7, 11) is 0. The van der Waals surface area contributed by atoms with Crippen molar-refractivity contribution in [2.24, 2.45) is 11.3 Å². The second-order valence-electron chi connectivity index (χ2n) is 5.64. The summed E-state index contributed by atoms with van der Waals surface area (Å²) in [6, 6.07) is 0. The Balaban J connectivity index is 2.14. The lowest BCUT2D eigenvalue weighted by molar-refractivity contribution is -0.131. The van der Waals surface area contributed by atoms with E-state index in [1.165, 1.54) is 0 Å². The Morgan fingerprint density at radius 2 is 1.88 bits per heavy atom. The molecule has 1 saturated carbocycles. The maximum absolute atomic E-state index is 11.5. The van der Waals surface area contributed by atoms with Gasteiger partial charge >= 0.3 is 0 Å². The van der Waals surface area contributed by atoms with E-state index >= 15 is 0 Å². The first kappa shape index (κ1) is 14.0. The molecule has 5 nitrogen and oxygen atoms in total. The van der Waals surface area contributed by atoms with Crippen molar-refractivity contribution in [3.63, 3.8) is 0 Å². The van der Waals surface area contributed by atoms with Crippen molar-refractivity contribution in [1.82, 2.24) is 10.6 Å². The van der Waals surface area contributed by atoms with Gasteiger partial charge in [0.2, 0.25) is 11.8 Å². The van der Waals surface area contributed by atoms with Gasteiger partial charge in [0.25, 0.3) is 0 Å². The number of aliphatic hydroxyl groups is 1. The summed E-state index contributed by atoms with van der Waals surface area (Å²) < 4.78 is 0. The third-order valence-corrected chi connectivity index (χ3v) is 2.77. The van der Waals surface area contributed by atoms with Gasteiger partial charge in [-0.2, -0.15) is 0 Å². The number of hydrogen-bond acceptors (Lipinski definition) is 3. The highest BCUT2D eigenvalue weighted by molar-refractivity contribution is 5.87. The summed E-state index contributed by atoms with van der Waals surface area (Å²) in [5.74, 6) is -0.0721. The predicted molar refractivity (Wildman–Crippen MR) is 64.2 cm³/mol. The Morgan fingerprint density at radius 1 is 1.29 bits per heavy atom. The van der Waals surface area contributed by atoms with Crippen LogP contribution in [0.25, 0.3) is 0 Å². The van der Waals surface area contributed by atoms with Crippen LogP contribution < -0.4 is 10.6 Å². The molecule has 0 heterocycles. The third kappa shape index (κ3) is 5.17. The van der Waals surface area contributed by atoms with Crippen LogP contribution in [-0.2, 0) is 9.59 Å². The minimum atomic E-state index is -0.492. The summed E-state index contributed by atoms with van der Waals surface area (Å²) >= 11 is 0. The van der Waals surface area contributed by atoms with Gasteiger partial charge in [0.05, 0.1) is 12.6 Å². The van der Waals surface area contributed by atoms with E-state index < -0.39 is 11.5 Å². The molecule has 0 spiro atoms. The van der Waals surface area contributed by atoms with Crippen molar-refractivity contribution in [3.8, 4) is 0 Å². The van der Waals surface area contributed by atoms with E-state index in [0.29, 0.717) is 5.92 Å². The Kier molecular flexibility index (Phi) is 4.51. The van der Waals surface area contributed by atoms with Gasteiger partial charge in [-0.25, -0.2) is 0 Å². The molecular weight excluding hydrogens is 220 g/mol. The average Bonchev–Trinajstić information content (AvgIpc) is 3.04. The maximum Gasteiger partial charge on any atom is 0.239 e. The molecule has 3 N–H and O–H groups in total. The molecule has 1 atom stereocenters. The number of amides is 2. The molecule has 17 heavy (non-hydrogen) atoms. The van der Waals surface area contributed by atoms with Crippen molar-refractivity contribution < 1.29 is 14.7 Å². The number of aliphatic hydroxyl groups excluding tert-OH is 1. The van der Waals surface area contributed by atoms with Crippen LogP contribution in [0.1, 0.15) is 33.6 Å². The van der Waals surface area contributed by atoms with Crippen LogP contribution in [0.3, 0.4) is 0 Å². The van der Waals surface area contributed by atoms with Crippen LogP contribution in [0.15, 0.2) is 0 Å². The standard InChI is InChI=1S/C12H22N2O3/c1-12(2,3)11(17)14-7-10(16)13-6-9(15)8-4-5-8/h8-9,15H,4-7H2,1-3H3,(H,13,16)(H,14,17). The van der Waals surface area contributed by atoms with Crippen molar-refractivity contribution in [1.29, 1.82) is 0 Å². The number of hydrogen-bond donors (Lipinski definition) is 3. The molecule has 0 aromatic rings. The van der Waals surface area contributed by atoms with Crippen LogP contribution in [0, 0.1) is 11.3 Å². The molecule has 1 unspecified atom stereocenters. The highest BCUT2D eigenvalue weighted by atomic mass is 16.3. The largest absolute Gasteiger partial charge is 0.391 e. The van der Waals surface area contributed by atoms with E-state index in [1.54, 1.807) is 20.8 Å². The predicted octanol–water partition coefficient (Wildman–Crippen LogP) is 0.0358. The summed E-state index contributed by atoms with van der Waals surface area (Å²) in [6.07, 6.45) is 1.63. The van der Waals surface area contributed by atoms with E-state index in [9.17, 15) is 14.7 Å². The van der Waals surface area contributed by atoms with E-state index in [4.69, 9.17) is 0 Å². The second-order valence-corrected chi connectivity index (χ2v) is 5.64. The minimum Gasteiger partial charge on any atom is -0.391 e. The molecule has 5 heteroatoms. The quantitative estimate of drug-likeness (QED) is 0.636. The molecule has 98 valence electrons. The van der Waals surface area contributed by atoms with Crippen molar-refractivity contribution in [2.75, 3.05) is 13.1 Å². The van der Waals surface area contributed by atoms with Gasteiger partial charge in [0, 0.05) is 12.0 Å². The Morgan fingerprint density at radius 3 is 2.35 bits per heavy atom. The van der Waals surface area contributed by atoms with Gasteiger partial charge in [-0.1, -0.05) is 20.8 Å². The van der Waals surface area contributed by atoms with Crippen LogP contribution in [0.4, 0.5) is 0 Å². The topological polar surface area (TPSA) is 78.4 Å². The molecule has 1 aliphatic rings. The van der Waals surface area contributed by atoms with Crippen molar-refractivity contribution in [3.05, 3.63) is 0 Å². The smallest absolute Gasteiger partial charge is 0.239 e. The highest BCUT2D eigenvalue weighted by Gasteiger charge is 2.29. The molecule has 0 aliphatic heterocycles. The number of carbonyl (C=O) groups is 2. The zero-order valence-electron chi connectivity index (χ0n) is 10.7. The lowest BCUT2D eigenvalue weighted by Gasteiger charge is -2.17. The minimum absolute atomic E-state index is 0.0342. The van der Waals surface area contributed by atoms with Gasteiger partial charge in [-0.05, 0) is 18.8 Å². The fourth-order valence-electron chi connectivity index (χ4n) is 1.35. The first-order valence-electron chi connectivity index (χ1n) is 6.04. The Hall–Kier alpha value is -1.10. The number of rotatable bonds is 5. The summed E-state index contributed by atoms with van der Waals surface area (Å²) in [5.41, 5.74) is -0.492. The van der Waals surface area contributed by atoms with Crippen LogP contribution in [0.5, 0.6) is 0 Å². The molecule has 1 fully saturated rings. The summed E-state index contributed by atoms with van der Waals surface area (Å²) in [6.45, 7) is 5.60. The Bertz CT molecular complexity index is 293. The first-order chi connectivity index (χ1) is 7.80. The molecule has 0 bridgehead atoms. The van der Waals surface area contributed by atoms with Crippen LogP contribution in [0.2, 0.25) is 0 Å². The first-order valence-corrected chi connectivity index (χ1v) is 6.04. The second kappa shape index (κ2) is 5.49. The van der Waals surface area contributed by atoms with Gasteiger partial charge in [-0.15, -0.1) is 0 Å². The fourth-order valence-corrected chi connectivity index (χ4v) is 1.35. The maximum atomic E-state index is 11.5. The molecular formula is C12H22N2O3. The van der Waals surface area contributed by atoms with E-state index in [-0.39, 0.29) is 24.9 Å². The molecule has 0 radical (unpaired) electrons. The van der Waals surface area contributed by atoms with Crippen molar-refractivity contribution in [2.45, 2.75) is 39.7 Å². The third-order valence-electron chi connectivity index (χ3n) is 2.77. The van der Waals surface area contributed by atoms with E-state index in [0.717, 1.165) is 12.8 Å².